The van der Waals surface area contributed by atoms with Gasteiger partial charge >= 0.3 is 0 Å². The largest absolute Gasteiger partial charge is 0.480 e. The summed E-state index contributed by atoms with van der Waals surface area (Å²) in [6.45, 7) is 3.86. The van der Waals surface area contributed by atoms with Crippen LogP contribution in [0.2, 0.25) is 5.02 Å². The second-order valence-electron chi connectivity index (χ2n) is 4.40. The smallest absolute Gasteiger partial charge is 0.196 e. The average molecular weight is 271 g/mol. The van der Waals surface area contributed by atoms with Crippen molar-refractivity contribution in [2.45, 2.75) is 6.10 Å². The minimum Gasteiger partial charge on any atom is -0.480 e. The van der Waals surface area contributed by atoms with Crippen molar-refractivity contribution in [2.75, 3.05) is 0 Å². The van der Waals surface area contributed by atoms with E-state index in [1.54, 1.807) is 24.3 Å². The molecular formula is C16H11ClO2. The lowest BCUT2D eigenvalue weighted by atomic mass is 9.92. The van der Waals surface area contributed by atoms with Crippen LogP contribution in [0.4, 0.5) is 0 Å². The van der Waals surface area contributed by atoms with Gasteiger partial charge in [-0.15, -0.1) is 0 Å². The molecule has 0 amide bonds. The summed E-state index contributed by atoms with van der Waals surface area (Å²) in [5.74, 6) is 0.511. The molecule has 19 heavy (non-hydrogen) atoms. The summed E-state index contributed by atoms with van der Waals surface area (Å²) in [6.07, 6.45) is -0.471. The summed E-state index contributed by atoms with van der Waals surface area (Å²) >= 11 is 5.98. The van der Waals surface area contributed by atoms with E-state index in [9.17, 15) is 4.79 Å². The Balaban J connectivity index is 2.07. The number of ketones is 1. The number of hydrogen-bond acceptors (Lipinski definition) is 2. The fourth-order valence-electron chi connectivity index (χ4n) is 2.19. The molecule has 0 fully saturated rings. The molecule has 0 saturated carbocycles. The highest BCUT2D eigenvalue weighted by Gasteiger charge is 2.31. The average Bonchev–Trinajstić information content (AvgIpc) is 2.43. The summed E-state index contributed by atoms with van der Waals surface area (Å²) in [6, 6.07) is 14.5. The van der Waals surface area contributed by atoms with Crippen molar-refractivity contribution in [3.63, 3.8) is 0 Å². The van der Waals surface area contributed by atoms with Crippen LogP contribution in [0.5, 0.6) is 5.75 Å². The van der Waals surface area contributed by atoms with E-state index in [0.717, 1.165) is 5.56 Å². The molecule has 3 rings (SSSR count). The van der Waals surface area contributed by atoms with E-state index in [2.05, 4.69) is 6.58 Å². The number of para-hydroxylation sites is 1. The van der Waals surface area contributed by atoms with Gasteiger partial charge in [-0.3, -0.25) is 4.79 Å². The Morgan fingerprint density at radius 3 is 2.68 bits per heavy atom. The van der Waals surface area contributed by atoms with Gasteiger partial charge < -0.3 is 4.74 Å². The first-order chi connectivity index (χ1) is 9.16. The molecule has 94 valence electrons. The zero-order valence-corrected chi connectivity index (χ0v) is 10.9. The molecule has 2 aromatic rings. The third-order valence-corrected chi connectivity index (χ3v) is 3.37. The number of fused-ring (bicyclic) bond motifs is 1. The zero-order valence-electron chi connectivity index (χ0n) is 10.1. The molecule has 0 aromatic heterocycles. The second-order valence-corrected chi connectivity index (χ2v) is 4.84. The van der Waals surface area contributed by atoms with Crippen LogP contribution in [-0.4, -0.2) is 5.78 Å². The van der Waals surface area contributed by atoms with Crippen LogP contribution in [0.25, 0.3) is 0 Å². The van der Waals surface area contributed by atoms with E-state index >= 15 is 0 Å². The van der Waals surface area contributed by atoms with Crippen LogP contribution < -0.4 is 4.74 Å². The molecule has 0 N–H and O–H groups in total. The molecule has 1 atom stereocenters. The fourth-order valence-corrected chi connectivity index (χ4v) is 2.38. The quantitative estimate of drug-likeness (QED) is 0.726. The third-order valence-electron chi connectivity index (χ3n) is 3.14. The van der Waals surface area contributed by atoms with E-state index in [0.29, 0.717) is 21.9 Å². The lowest BCUT2D eigenvalue weighted by Crippen LogP contribution is -2.23. The normalized spacial score (nSPS) is 17.8. The molecule has 1 heterocycles. The van der Waals surface area contributed by atoms with Gasteiger partial charge in [0.05, 0.1) is 5.56 Å². The number of Topliss-reactive ketones (excluding diaryl/α,β-unsaturated/α-hetero) is 1. The van der Waals surface area contributed by atoms with Gasteiger partial charge in [-0.1, -0.05) is 42.4 Å². The molecule has 0 saturated heterocycles. The summed E-state index contributed by atoms with van der Waals surface area (Å²) in [4.78, 5) is 12.3. The van der Waals surface area contributed by atoms with Crippen LogP contribution in [0, 0.1) is 0 Å². The number of hydrogen-bond donors (Lipinski definition) is 0. The number of carbonyl (C=O) groups excluding carboxylic acids is 1. The van der Waals surface area contributed by atoms with E-state index in [-0.39, 0.29) is 5.78 Å². The first kappa shape index (κ1) is 12.0. The monoisotopic (exact) mass is 270 g/mol. The standard InChI is InChI=1S/C16H11ClO2/c1-10-15(18)13-7-2-3-8-14(13)19-16(10)11-5-4-6-12(17)9-11/h2-9,16H,1H2/t16-/m0/s1. The minimum atomic E-state index is -0.471. The highest BCUT2D eigenvalue weighted by Crippen LogP contribution is 2.37. The Hall–Kier alpha value is -2.06. The summed E-state index contributed by atoms with van der Waals surface area (Å²) in [7, 11) is 0. The van der Waals surface area contributed by atoms with Crippen molar-refractivity contribution in [2.24, 2.45) is 0 Å². The van der Waals surface area contributed by atoms with E-state index in [4.69, 9.17) is 16.3 Å². The molecule has 3 heteroatoms. The van der Waals surface area contributed by atoms with Crippen molar-refractivity contribution in [3.8, 4) is 5.75 Å². The first-order valence-corrected chi connectivity index (χ1v) is 6.29. The third kappa shape index (κ3) is 2.04. The van der Waals surface area contributed by atoms with Gasteiger partial charge in [0.25, 0.3) is 0 Å². The molecule has 0 aliphatic carbocycles. The van der Waals surface area contributed by atoms with Crippen molar-refractivity contribution < 1.29 is 9.53 Å². The molecule has 0 radical (unpaired) electrons. The van der Waals surface area contributed by atoms with Crippen LogP contribution in [0.15, 0.2) is 60.7 Å². The van der Waals surface area contributed by atoms with Crippen molar-refractivity contribution in [1.82, 2.24) is 0 Å². The highest BCUT2D eigenvalue weighted by molar-refractivity contribution is 6.30. The van der Waals surface area contributed by atoms with Crippen molar-refractivity contribution >= 4 is 17.4 Å². The van der Waals surface area contributed by atoms with Gasteiger partial charge in [0, 0.05) is 10.6 Å². The number of halogens is 1. The molecule has 0 bridgehead atoms. The predicted molar refractivity (Wildman–Crippen MR) is 74.7 cm³/mol. The molecule has 0 unspecified atom stereocenters. The van der Waals surface area contributed by atoms with E-state index < -0.39 is 6.10 Å². The first-order valence-electron chi connectivity index (χ1n) is 5.91. The predicted octanol–water partition coefficient (Wildman–Crippen LogP) is 4.21. The van der Waals surface area contributed by atoms with Gasteiger partial charge in [0.15, 0.2) is 11.9 Å². The fraction of sp³-hybridized carbons (Fsp3) is 0.0625. The Labute approximate surface area is 116 Å². The van der Waals surface area contributed by atoms with Gasteiger partial charge in [-0.2, -0.15) is 0 Å². The lowest BCUT2D eigenvalue weighted by molar-refractivity contribution is 0.0962. The number of ether oxygens (including phenoxy) is 1. The molecule has 1 aliphatic rings. The maximum Gasteiger partial charge on any atom is 0.196 e. The summed E-state index contributed by atoms with van der Waals surface area (Å²) in [5, 5.41) is 0.611. The summed E-state index contributed by atoms with van der Waals surface area (Å²) < 4.78 is 5.88. The van der Waals surface area contributed by atoms with Gasteiger partial charge in [-0.25, -0.2) is 0 Å². The zero-order chi connectivity index (χ0) is 13.4. The number of rotatable bonds is 1. The maximum absolute atomic E-state index is 12.3. The molecule has 2 nitrogen and oxygen atoms in total. The van der Waals surface area contributed by atoms with Gasteiger partial charge in [0.1, 0.15) is 5.75 Å². The Morgan fingerprint density at radius 2 is 1.89 bits per heavy atom. The molecule has 0 spiro atoms. The van der Waals surface area contributed by atoms with Crippen LogP contribution >= 0.6 is 11.6 Å². The topological polar surface area (TPSA) is 26.3 Å². The summed E-state index contributed by atoms with van der Waals surface area (Å²) in [5.41, 5.74) is 1.83. The van der Waals surface area contributed by atoms with Crippen LogP contribution in [0.1, 0.15) is 22.0 Å². The Morgan fingerprint density at radius 1 is 1.11 bits per heavy atom. The van der Waals surface area contributed by atoms with Crippen LogP contribution in [-0.2, 0) is 0 Å². The Bertz CT molecular complexity index is 676. The van der Waals surface area contributed by atoms with E-state index in [1.807, 2.05) is 24.3 Å². The molecular weight excluding hydrogens is 260 g/mol. The molecule has 2 aromatic carbocycles. The van der Waals surface area contributed by atoms with Crippen LogP contribution in [0.3, 0.4) is 0 Å². The minimum absolute atomic E-state index is 0.0770. The number of carbonyl (C=O) groups is 1. The lowest BCUT2D eigenvalue weighted by Gasteiger charge is -2.27. The Kier molecular flexibility index (Phi) is 2.88. The van der Waals surface area contributed by atoms with E-state index in [1.165, 1.54) is 0 Å². The number of benzene rings is 2. The van der Waals surface area contributed by atoms with Gasteiger partial charge in [-0.05, 0) is 29.8 Å². The van der Waals surface area contributed by atoms with Crippen molar-refractivity contribution in [1.29, 1.82) is 0 Å². The highest BCUT2D eigenvalue weighted by atomic mass is 35.5. The van der Waals surface area contributed by atoms with Crippen molar-refractivity contribution in [3.05, 3.63) is 76.8 Å². The molecule has 1 aliphatic heterocycles. The second kappa shape index (κ2) is 4.56. The van der Waals surface area contributed by atoms with Gasteiger partial charge in [0.2, 0.25) is 0 Å². The maximum atomic E-state index is 12.3. The SMILES string of the molecule is C=C1C(=O)c2ccccc2O[C@@H]1c1cccc(Cl)c1.